The van der Waals surface area contributed by atoms with Crippen LogP contribution in [-0.4, -0.2) is 48.0 Å². The van der Waals surface area contributed by atoms with Crippen molar-refractivity contribution >= 4 is 35.6 Å². The number of ether oxygens (including phenoxy) is 2. The average molecular weight is 474 g/mol. The maximum absolute atomic E-state index is 5.33. The van der Waals surface area contributed by atoms with Crippen LogP contribution in [0.1, 0.15) is 19.8 Å². The van der Waals surface area contributed by atoms with E-state index in [9.17, 15) is 0 Å². The monoisotopic (exact) mass is 474 g/mol. The van der Waals surface area contributed by atoms with Gasteiger partial charge in [0.15, 0.2) is 17.5 Å². The Morgan fingerprint density at radius 3 is 2.50 bits per heavy atom. The molecule has 0 unspecified atom stereocenters. The van der Waals surface area contributed by atoms with E-state index in [4.69, 9.17) is 9.47 Å². The standard InChI is InChI=1S/C17H26N6O2.HI/c1-4-18-17(19-9-5-6-10-23-12-20-21-13-23)22-14-7-8-15(24-2)16(11-14)25-3;/h7-8,11-13H,4-6,9-10H2,1-3H3,(H2,18,19,22);1H. The van der Waals surface area contributed by atoms with Gasteiger partial charge in [0.2, 0.25) is 0 Å². The lowest BCUT2D eigenvalue weighted by atomic mass is 10.2. The summed E-state index contributed by atoms with van der Waals surface area (Å²) in [6.45, 7) is 4.48. The maximum atomic E-state index is 5.33. The van der Waals surface area contributed by atoms with Crippen molar-refractivity contribution < 1.29 is 9.47 Å². The molecule has 0 fully saturated rings. The molecule has 1 heterocycles. The van der Waals surface area contributed by atoms with Gasteiger partial charge in [-0.1, -0.05) is 0 Å². The molecular weight excluding hydrogens is 447 g/mol. The first-order valence-corrected chi connectivity index (χ1v) is 8.36. The summed E-state index contributed by atoms with van der Waals surface area (Å²) in [5, 5.41) is 14.1. The van der Waals surface area contributed by atoms with Crippen LogP contribution >= 0.6 is 24.0 Å². The molecule has 2 aromatic rings. The summed E-state index contributed by atoms with van der Waals surface area (Å²) in [6, 6.07) is 5.68. The van der Waals surface area contributed by atoms with E-state index < -0.39 is 0 Å². The Kier molecular flexibility index (Phi) is 10.4. The number of aromatic nitrogens is 3. The van der Waals surface area contributed by atoms with E-state index in [-0.39, 0.29) is 24.0 Å². The number of aryl methyl sites for hydroxylation is 1. The number of rotatable bonds is 9. The molecule has 1 aromatic carbocycles. The number of hydrogen-bond acceptors (Lipinski definition) is 5. The van der Waals surface area contributed by atoms with Crippen LogP contribution < -0.4 is 20.1 Å². The van der Waals surface area contributed by atoms with Gasteiger partial charge in [0.1, 0.15) is 12.7 Å². The fourth-order valence-electron chi connectivity index (χ4n) is 2.29. The van der Waals surface area contributed by atoms with E-state index >= 15 is 0 Å². The van der Waals surface area contributed by atoms with Crippen molar-refractivity contribution in [2.75, 3.05) is 32.6 Å². The average Bonchev–Trinajstić information content (AvgIpc) is 3.14. The first-order chi connectivity index (χ1) is 12.3. The highest BCUT2D eigenvalue weighted by Gasteiger charge is 2.06. The Morgan fingerprint density at radius 1 is 1.12 bits per heavy atom. The van der Waals surface area contributed by atoms with Gasteiger partial charge in [0.25, 0.3) is 0 Å². The third-order valence-corrected chi connectivity index (χ3v) is 3.55. The lowest BCUT2D eigenvalue weighted by Crippen LogP contribution is -2.30. The first-order valence-electron chi connectivity index (χ1n) is 8.36. The highest BCUT2D eigenvalue weighted by molar-refractivity contribution is 14.0. The molecule has 0 saturated heterocycles. The zero-order chi connectivity index (χ0) is 17.9. The van der Waals surface area contributed by atoms with Crippen LogP contribution in [0, 0.1) is 0 Å². The molecule has 2 rings (SSSR count). The summed E-state index contributed by atoms with van der Waals surface area (Å²) < 4.78 is 12.6. The third kappa shape index (κ3) is 7.06. The molecule has 1 aromatic heterocycles. The van der Waals surface area contributed by atoms with Crippen molar-refractivity contribution in [3.05, 3.63) is 30.9 Å². The van der Waals surface area contributed by atoms with E-state index in [1.54, 1.807) is 26.9 Å². The molecule has 0 aliphatic rings. The number of anilines is 1. The molecule has 0 amide bonds. The third-order valence-electron chi connectivity index (χ3n) is 3.55. The van der Waals surface area contributed by atoms with Crippen LogP contribution in [0.5, 0.6) is 11.5 Å². The number of guanidine groups is 1. The van der Waals surface area contributed by atoms with Crippen LogP contribution in [0.4, 0.5) is 5.69 Å². The Bertz CT molecular complexity index is 663. The van der Waals surface area contributed by atoms with Gasteiger partial charge in [-0.05, 0) is 31.9 Å². The van der Waals surface area contributed by atoms with Crippen molar-refractivity contribution in [3.8, 4) is 11.5 Å². The molecule has 0 saturated carbocycles. The van der Waals surface area contributed by atoms with Crippen molar-refractivity contribution in [2.45, 2.75) is 26.3 Å². The molecule has 0 atom stereocenters. The maximum Gasteiger partial charge on any atom is 0.195 e. The van der Waals surface area contributed by atoms with Crippen LogP contribution in [-0.2, 0) is 6.54 Å². The van der Waals surface area contributed by atoms with E-state index in [2.05, 4.69) is 25.8 Å². The molecule has 9 heteroatoms. The predicted molar refractivity (Wildman–Crippen MR) is 114 cm³/mol. The number of nitrogens with one attached hydrogen (secondary N) is 2. The number of nitrogens with zero attached hydrogens (tertiary/aromatic N) is 4. The SMILES string of the molecule is CCNC(=NCCCCn1cnnc1)Nc1ccc(OC)c(OC)c1.I. The Balaban J connectivity index is 0.00000338. The van der Waals surface area contributed by atoms with Gasteiger partial charge in [-0.2, -0.15) is 0 Å². The Morgan fingerprint density at radius 2 is 1.85 bits per heavy atom. The van der Waals surface area contributed by atoms with Crippen LogP contribution in [0.15, 0.2) is 35.8 Å². The van der Waals surface area contributed by atoms with Crippen molar-refractivity contribution in [3.63, 3.8) is 0 Å². The van der Waals surface area contributed by atoms with E-state index in [0.717, 1.165) is 44.1 Å². The lowest BCUT2D eigenvalue weighted by Gasteiger charge is -2.13. The fraction of sp³-hybridized carbons (Fsp3) is 0.471. The second-order valence-electron chi connectivity index (χ2n) is 5.36. The number of benzene rings is 1. The quantitative estimate of drug-likeness (QED) is 0.252. The van der Waals surface area contributed by atoms with Crippen molar-refractivity contribution in [1.29, 1.82) is 0 Å². The second kappa shape index (κ2) is 12.3. The minimum Gasteiger partial charge on any atom is -0.493 e. The van der Waals surface area contributed by atoms with Gasteiger partial charge < -0.3 is 24.7 Å². The summed E-state index contributed by atoms with van der Waals surface area (Å²) in [6.07, 6.45) is 5.47. The smallest absolute Gasteiger partial charge is 0.195 e. The number of hydrogen-bond donors (Lipinski definition) is 2. The molecule has 0 radical (unpaired) electrons. The van der Waals surface area contributed by atoms with E-state index in [1.165, 1.54) is 0 Å². The zero-order valence-electron chi connectivity index (χ0n) is 15.4. The summed E-state index contributed by atoms with van der Waals surface area (Å²) in [5.74, 6) is 2.13. The predicted octanol–water partition coefficient (Wildman–Crippen LogP) is 2.77. The largest absolute Gasteiger partial charge is 0.493 e. The number of halogens is 1. The molecule has 0 bridgehead atoms. The zero-order valence-corrected chi connectivity index (χ0v) is 17.8. The first kappa shape index (κ1) is 22.0. The van der Waals surface area contributed by atoms with Gasteiger partial charge in [-0.3, -0.25) is 4.99 Å². The van der Waals surface area contributed by atoms with Crippen molar-refractivity contribution in [2.24, 2.45) is 4.99 Å². The minimum absolute atomic E-state index is 0. The van der Waals surface area contributed by atoms with Gasteiger partial charge in [-0.15, -0.1) is 34.2 Å². The lowest BCUT2D eigenvalue weighted by molar-refractivity contribution is 0.355. The van der Waals surface area contributed by atoms with Gasteiger partial charge in [0, 0.05) is 31.4 Å². The van der Waals surface area contributed by atoms with Crippen LogP contribution in [0.2, 0.25) is 0 Å². The molecule has 26 heavy (non-hydrogen) atoms. The highest BCUT2D eigenvalue weighted by atomic mass is 127. The summed E-state index contributed by atoms with van der Waals surface area (Å²) in [4.78, 5) is 4.61. The normalized spacial score (nSPS) is 10.8. The number of unbranched alkanes of at least 4 members (excludes halogenated alkanes) is 1. The Labute approximate surface area is 171 Å². The van der Waals surface area contributed by atoms with Gasteiger partial charge in [0.05, 0.1) is 14.2 Å². The van der Waals surface area contributed by atoms with Gasteiger partial charge >= 0.3 is 0 Å². The molecule has 0 aliphatic carbocycles. The molecule has 2 N–H and O–H groups in total. The second-order valence-corrected chi connectivity index (χ2v) is 5.36. The summed E-state index contributed by atoms with van der Waals surface area (Å²) >= 11 is 0. The highest BCUT2D eigenvalue weighted by Crippen LogP contribution is 2.29. The van der Waals surface area contributed by atoms with Crippen LogP contribution in [0.3, 0.4) is 0 Å². The Hall–Kier alpha value is -2.04. The van der Waals surface area contributed by atoms with Crippen LogP contribution in [0.25, 0.3) is 0 Å². The molecule has 0 spiro atoms. The minimum atomic E-state index is 0. The molecule has 144 valence electrons. The molecule has 8 nitrogen and oxygen atoms in total. The summed E-state index contributed by atoms with van der Waals surface area (Å²) in [5.41, 5.74) is 0.891. The molecular formula is C17H27IN6O2. The molecule has 0 aliphatic heterocycles. The fourth-order valence-corrected chi connectivity index (χ4v) is 2.29. The van der Waals surface area contributed by atoms with Gasteiger partial charge in [-0.25, -0.2) is 0 Å². The number of aliphatic imine (C=N–C) groups is 1. The van der Waals surface area contributed by atoms with Crippen molar-refractivity contribution in [1.82, 2.24) is 20.1 Å². The topological polar surface area (TPSA) is 85.6 Å². The summed E-state index contributed by atoms with van der Waals surface area (Å²) in [7, 11) is 3.24. The van der Waals surface area contributed by atoms with E-state index in [0.29, 0.717) is 11.5 Å². The van der Waals surface area contributed by atoms with E-state index in [1.807, 2.05) is 29.7 Å². The number of methoxy groups -OCH3 is 2.